The van der Waals surface area contributed by atoms with Crippen molar-refractivity contribution in [2.24, 2.45) is 17.8 Å². The summed E-state index contributed by atoms with van der Waals surface area (Å²) in [5.74, 6) is 0.447. The number of anilines is 5. The molecule has 10 aromatic carbocycles. The van der Waals surface area contributed by atoms with Crippen LogP contribution in [-0.4, -0.2) is 21.9 Å². The molecule has 5 aliphatic rings. The van der Waals surface area contributed by atoms with Crippen LogP contribution in [0.25, 0.3) is 77.2 Å². The molecule has 0 fully saturated rings. The zero-order valence-corrected chi connectivity index (χ0v) is 47.3. The largest absolute Gasteiger partial charge is 0.334 e. The van der Waals surface area contributed by atoms with E-state index >= 15 is 0 Å². The molecule has 0 N–H and O–H groups in total. The Morgan fingerprint density at radius 1 is 0.529 bits per heavy atom. The summed E-state index contributed by atoms with van der Waals surface area (Å²) in [5, 5.41) is -0.114. The molecule has 2 aliphatic heterocycles. The van der Waals surface area contributed by atoms with Gasteiger partial charge in [0.1, 0.15) is 0 Å². The minimum Gasteiger partial charge on any atom is -0.334 e. The highest BCUT2D eigenvalue weighted by atomic mass is 15.2. The van der Waals surface area contributed by atoms with Crippen LogP contribution in [0.4, 0.5) is 28.4 Å². The molecule has 4 unspecified atom stereocenters. The van der Waals surface area contributed by atoms with Crippen molar-refractivity contribution in [2.45, 2.75) is 71.3 Å². The van der Waals surface area contributed by atoms with Crippen molar-refractivity contribution in [3.05, 3.63) is 265 Å². The number of allylic oxidation sites excluding steroid dienone is 4. The summed E-state index contributed by atoms with van der Waals surface area (Å²) < 4.78 is 152. The average molecular weight is 1110 g/mol. The predicted molar refractivity (Wildman–Crippen MR) is 361 cm³/mol. The second kappa shape index (κ2) is 20.2. The molecule has 0 spiro atoms. The van der Waals surface area contributed by atoms with Gasteiger partial charge < -0.3 is 18.9 Å². The molecular weight excluding hydrogens is 1030 g/mol. The van der Waals surface area contributed by atoms with Crippen molar-refractivity contribution >= 4 is 95.1 Å². The zero-order chi connectivity index (χ0) is 70.2. The minimum atomic E-state index is -0.604. The molecule has 3 aliphatic carbocycles. The van der Waals surface area contributed by atoms with Crippen molar-refractivity contribution in [2.75, 3.05) is 9.80 Å². The maximum absolute atomic E-state index is 9.70. The highest BCUT2D eigenvalue weighted by Gasteiger charge is 2.49. The molecule has 2 aromatic heterocycles. The second-order valence-corrected chi connectivity index (χ2v) is 23.8. The lowest BCUT2D eigenvalue weighted by Crippen LogP contribution is -2.63. The zero-order valence-electron chi connectivity index (χ0n) is 63.3. The molecule has 0 saturated carbocycles. The number of aromatic nitrogens is 2. The number of rotatable bonds is 8. The Bertz CT molecular complexity index is 5510. The first-order chi connectivity index (χ1) is 48.7. The van der Waals surface area contributed by atoms with Crippen LogP contribution >= 0.6 is 0 Å². The molecular formula is C80H67BN4. The van der Waals surface area contributed by atoms with Gasteiger partial charge in [-0.25, -0.2) is 0 Å². The Kier molecular flexibility index (Phi) is 8.65. The van der Waals surface area contributed by atoms with E-state index in [1.54, 1.807) is 9.13 Å². The van der Waals surface area contributed by atoms with E-state index in [0.717, 1.165) is 118 Å². The number of para-hydroxylation sites is 4. The third-order valence-electron chi connectivity index (χ3n) is 18.9. The second-order valence-electron chi connectivity index (χ2n) is 23.8. The number of hydrogen-bond donors (Lipinski definition) is 0. The fraction of sp³-hybridized carbons (Fsp3) is 0.175. The summed E-state index contributed by atoms with van der Waals surface area (Å²) in [6.45, 7) is 3.83. The molecule has 5 heteroatoms. The fourth-order valence-corrected chi connectivity index (χ4v) is 15.4. The maximum atomic E-state index is 9.70. The van der Waals surface area contributed by atoms with Gasteiger partial charge in [-0.2, -0.15) is 0 Å². The Balaban J connectivity index is 1.04. The van der Waals surface area contributed by atoms with Gasteiger partial charge in [0.15, 0.2) is 0 Å². The van der Waals surface area contributed by atoms with E-state index in [1.165, 1.54) is 11.1 Å². The van der Waals surface area contributed by atoms with Gasteiger partial charge in [-0.05, 0) is 181 Å². The van der Waals surface area contributed by atoms with Crippen LogP contribution in [0.15, 0.2) is 260 Å². The summed E-state index contributed by atoms with van der Waals surface area (Å²) >= 11 is 0. The molecule has 0 saturated heterocycles. The van der Waals surface area contributed by atoms with Crippen LogP contribution in [0, 0.1) is 24.7 Å². The van der Waals surface area contributed by atoms with Gasteiger partial charge in [-0.1, -0.05) is 188 Å². The van der Waals surface area contributed by atoms with E-state index in [9.17, 15) is 11.0 Å². The Morgan fingerprint density at radius 2 is 1.08 bits per heavy atom. The minimum absolute atomic E-state index is 0.0130. The van der Waals surface area contributed by atoms with Crippen LogP contribution in [0.2, 0.25) is 0 Å². The maximum Gasteiger partial charge on any atom is 0.252 e. The number of aryl methyl sites for hydroxylation is 1. The lowest BCUT2D eigenvalue weighted by Gasteiger charge is -2.52. The molecule has 4 heterocycles. The standard InChI is InChI=1S/C80H67BN4/c1-52-46-64(54-24-7-3-8-25-54)79(65(47-52)55-26-9-4-10-27-55)84-74-40-23-41-75-78(74)81(68-44-42-58(50-76(68)84)82-70-36-19-15-32-60(70)61-33-16-20-37-71(61)82)69-45-43-59(83-72-38-21-17-34-62(72)63-35-18-22-39-73(63)83)51-77(69)85(75)80-66(56-28-11-5-12-29-56)48-53(2)49-67(80)57-30-13-6-14-31-57/h3-5,7-11,15-27,30,32-48,50-51,53,56,67,80H,6,12-14,28-29,31,49H2,1-2H3/i15D,16D,17D,18D,19D,20D,21D,22D,32D,33D,34D,35D,36D,37D,38D,39D. The number of nitrogens with zero attached hydrogens (tertiary/aromatic N) is 4. The summed E-state index contributed by atoms with van der Waals surface area (Å²) in [5.41, 5.74) is 15.0. The molecule has 85 heavy (non-hydrogen) atoms. The normalized spacial score (nSPS) is 21.7. The van der Waals surface area contributed by atoms with Gasteiger partial charge in [0.2, 0.25) is 0 Å². The highest BCUT2D eigenvalue weighted by molar-refractivity contribution is 7.00. The Hall–Kier alpha value is -9.32. The summed E-state index contributed by atoms with van der Waals surface area (Å²) in [4.78, 5) is 4.89. The lowest BCUT2D eigenvalue weighted by molar-refractivity contribution is 0.355. The molecule has 0 amide bonds. The quantitative estimate of drug-likeness (QED) is 0.111. The van der Waals surface area contributed by atoms with E-state index in [-0.39, 0.29) is 67.4 Å². The Morgan fingerprint density at radius 3 is 1.64 bits per heavy atom. The fourth-order valence-electron chi connectivity index (χ4n) is 15.4. The van der Waals surface area contributed by atoms with E-state index in [4.69, 9.17) is 11.0 Å². The number of fused-ring (bicyclic) bond motifs is 10. The van der Waals surface area contributed by atoms with Crippen molar-refractivity contribution in [1.82, 2.24) is 9.13 Å². The topological polar surface area (TPSA) is 16.3 Å². The molecule has 4 nitrogen and oxygen atoms in total. The SMILES string of the molecule is [2H]c1c([2H])c([2H])c2c(c1[2H])c1c([2H])c([2H])c([2H])c([2H])c1n2-c1ccc2c(c1)N(c1c(-c3ccccc3)cc(C)cc1-c1ccccc1)c1cccc3c1B2c1ccc(-n2c4c([2H])c([2H])c([2H])c([2H])c4c4c([2H])c([2H])c([2H])c([2H])c42)cc1N3C1C(C2CC=CCC2)=CC(C)CC1C1=CCCCC1. The molecule has 12 aromatic rings. The summed E-state index contributed by atoms with van der Waals surface area (Å²) in [6.07, 6.45) is 17.3. The average Bonchev–Trinajstić information content (AvgIpc) is 1.66. The Labute approximate surface area is 521 Å². The van der Waals surface area contributed by atoms with E-state index < -0.39 is 103 Å². The van der Waals surface area contributed by atoms with Crippen molar-refractivity contribution < 1.29 is 21.9 Å². The predicted octanol–water partition coefficient (Wildman–Crippen LogP) is 19.1. The van der Waals surface area contributed by atoms with Crippen molar-refractivity contribution in [3.63, 3.8) is 0 Å². The van der Waals surface area contributed by atoms with Crippen LogP contribution in [0.1, 0.15) is 85.8 Å². The smallest absolute Gasteiger partial charge is 0.252 e. The van der Waals surface area contributed by atoms with E-state index in [2.05, 4.69) is 115 Å². The number of benzene rings is 10. The first kappa shape index (κ1) is 36.4. The lowest BCUT2D eigenvalue weighted by atomic mass is 9.33. The molecule has 4 atom stereocenters. The number of hydrogen-bond acceptors (Lipinski definition) is 2. The molecule has 0 radical (unpaired) electrons. The first-order valence-corrected chi connectivity index (χ1v) is 30.0. The van der Waals surface area contributed by atoms with Gasteiger partial charge in [-0.15, -0.1) is 0 Å². The van der Waals surface area contributed by atoms with Crippen LogP contribution in [-0.2, 0) is 0 Å². The first-order valence-electron chi connectivity index (χ1n) is 38.0. The van der Waals surface area contributed by atoms with Gasteiger partial charge in [0.05, 0.1) is 55.7 Å². The van der Waals surface area contributed by atoms with Crippen LogP contribution < -0.4 is 26.2 Å². The highest BCUT2D eigenvalue weighted by Crippen LogP contribution is 2.53. The van der Waals surface area contributed by atoms with Gasteiger partial charge >= 0.3 is 0 Å². The van der Waals surface area contributed by atoms with Crippen LogP contribution in [0.3, 0.4) is 0 Å². The van der Waals surface area contributed by atoms with Gasteiger partial charge in [0.25, 0.3) is 6.71 Å². The van der Waals surface area contributed by atoms with Gasteiger partial charge in [-0.3, -0.25) is 0 Å². The third kappa shape index (κ3) is 7.96. The molecule has 17 rings (SSSR count). The van der Waals surface area contributed by atoms with Crippen molar-refractivity contribution in [3.8, 4) is 33.6 Å². The van der Waals surface area contributed by atoms with E-state index in [1.807, 2.05) is 60.7 Å². The van der Waals surface area contributed by atoms with E-state index in [0.29, 0.717) is 17.1 Å². The third-order valence-corrected chi connectivity index (χ3v) is 18.9. The summed E-state index contributed by atoms with van der Waals surface area (Å²) in [6, 6.07) is 35.6. The molecule has 410 valence electrons. The van der Waals surface area contributed by atoms with Gasteiger partial charge in [0, 0.05) is 72.7 Å². The van der Waals surface area contributed by atoms with Crippen molar-refractivity contribution in [1.29, 1.82) is 0 Å². The molecule has 0 bridgehead atoms. The summed E-state index contributed by atoms with van der Waals surface area (Å²) in [7, 11) is 0. The monoisotopic (exact) mass is 1110 g/mol. The van der Waals surface area contributed by atoms with Crippen LogP contribution in [0.5, 0.6) is 0 Å².